The Labute approximate surface area is 222 Å². The molecule has 1 aliphatic heterocycles. The average molecular weight is 528 g/mol. The van der Waals surface area contributed by atoms with Crippen LogP contribution in [-0.2, 0) is 9.53 Å². The van der Waals surface area contributed by atoms with Crippen molar-refractivity contribution in [2.45, 2.75) is 13.0 Å². The first kappa shape index (κ1) is 25.2. The van der Waals surface area contributed by atoms with E-state index < -0.39 is 12.0 Å². The first-order valence-electron chi connectivity index (χ1n) is 12.0. The number of rotatable bonds is 7. The van der Waals surface area contributed by atoms with Crippen molar-refractivity contribution in [3.63, 3.8) is 0 Å². The van der Waals surface area contributed by atoms with Gasteiger partial charge in [-0.3, -0.25) is 14.3 Å². The second-order valence-corrected chi connectivity index (χ2v) is 9.34. The summed E-state index contributed by atoms with van der Waals surface area (Å²) in [5.41, 5.74) is 2.64. The number of hydrogen-bond acceptors (Lipinski definition) is 8. The van der Waals surface area contributed by atoms with E-state index in [-0.39, 0.29) is 17.7 Å². The summed E-state index contributed by atoms with van der Waals surface area (Å²) in [6.45, 7) is 1.92. The molecule has 8 nitrogen and oxygen atoms in total. The average Bonchev–Trinajstić information content (AvgIpc) is 3.27. The van der Waals surface area contributed by atoms with Crippen LogP contribution < -0.4 is 24.4 Å². The predicted octanol–water partition coefficient (Wildman–Crippen LogP) is 3.35. The van der Waals surface area contributed by atoms with Crippen LogP contribution in [0.5, 0.6) is 11.5 Å². The molecule has 0 spiro atoms. The number of pyridine rings is 1. The van der Waals surface area contributed by atoms with Crippen LogP contribution in [-0.4, -0.2) is 36.3 Å². The van der Waals surface area contributed by atoms with E-state index in [0.717, 1.165) is 11.1 Å². The number of esters is 1. The molecule has 0 aliphatic carbocycles. The molecular weight excluding hydrogens is 502 g/mol. The van der Waals surface area contributed by atoms with Crippen LogP contribution in [0.3, 0.4) is 0 Å². The van der Waals surface area contributed by atoms with Gasteiger partial charge in [0.25, 0.3) is 5.56 Å². The standard InChI is InChI=1S/C29H25N3O5S/c1-4-37-28(34)24-25(19-10-6-5-7-11-19)31-29-32(26(24)20-12-13-21(35-2)22(16-20)36-3)27(33)23(38-29)15-18-9-8-14-30-17-18/h5-17,26H,4H2,1-3H3/b23-15+/t26-/m1/s1. The topological polar surface area (TPSA) is 92.0 Å². The molecule has 4 aromatic rings. The Kier molecular flexibility index (Phi) is 7.19. The Bertz CT molecular complexity index is 1690. The number of benzene rings is 2. The quantitative estimate of drug-likeness (QED) is 0.343. The summed E-state index contributed by atoms with van der Waals surface area (Å²) < 4.78 is 18.5. The summed E-state index contributed by atoms with van der Waals surface area (Å²) >= 11 is 1.26. The van der Waals surface area contributed by atoms with Gasteiger partial charge in [0.05, 0.1) is 42.7 Å². The highest BCUT2D eigenvalue weighted by atomic mass is 32.1. The number of ether oxygens (including phenoxy) is 3. The smallest absolute Gasteiger partial charge is 0.338 e. The van der Waals surface area contributed by atoms with Crippen molar-refractivity contribution in [3.8, 4) is 11.5 Å². The third-order valence-corrected chi connectivity index (χ3v) is 7.06. The molecule has 0 radical (unpaired) electrons. The summed E-state index contributed by atoms with van der Waals surface area (Å²) in [4.78, 5) is 36.9. The van der Waals surface area contributed by atoms with Gasteiger partial charge < -0.3 is 14.2 Å². The highest BCUT2D eigenvalue weighted by Gasteiger charge is 2.35. The van der Waals surface area contributed by atoms with Gasteiger partial charge in [-0.05, 0) is 42.3 Å². The van der Waals surface area contributed by atoms with E-state index in [1.807, 2.05) is 48.5 Å². The zero-order valence-electron chi connectivity index (χ0n) is 21.1. The summed E-state index contributed by atoms with van der Waals surface area (Å²) in [6, 6.07) is 17.6. The molecule has 2 aromatic carbocycles. The molecule has 0 saturated heterocycles. The van der Waals surface area contributed by atoms with Crippen LogP contribution >= 0.6 is 11.3 Å². The van der Waals surface area contributed by atoms with Crippen LogP contribution in [0.25, 0.3) is 11.8 Å². The maximum Gasteiger partial charge on any atom is 0.338 e. The van der Waals surface area contributed by atoms with E-state index in [0.29, 0.717) is 32.1 Å². The Balaban J connectivity index is 1.85. The van der Waals surface area contributed by atoms with Gasteiger partial charge in [0.1, 0.15) is 0 Å². The SMILES string of the molecule is CCOC(=O)C1=C(c2ccccc2)N=c2s/c(=C/c3cccnc3)c(=O)n2[C@@H]1c1ccc(OC)c(OC)c1. The van der Waals surface area contributed by atoms with Crippen LogP contribution in [0.1, 0.15) is 29.7 Å². The maximum absolute atomic E-state index is 13.9. The van der Waals surface area contributed by atoms with Crippen molar-refractivity contribution in [2.75, 3.05) is 20.8 Å². The highest BCUT2D eigenvalue weighted by Crippen LogP contribution is 2.38. The molecule has 0 fully saturated rings. The van der Waals surface area contributed by atoms with Crippen LogP contribution in [0, 0.1) is 0 Å². The molecule has 0 bridgehead atoms. The first-order valence-corrected chi connectivity index (χ1v) is 12.8. The van der Waals surface area contributed by atoms with Gasteiger partial charge in [-0.1, -0.05) is 53.8 Å². The summed E-state index contributed by atoms with van der Waals surface area (Å²) in [5, 5.41) is 0. The van der Waals surface area contributed by atoms with Crippen LogP contribution in [0.15, 0.2) is 88.4 Å². The lowest BCUT2D eigenvalue weighted by Gasteiger charge is -2.26. The molecule has 1 aliphatic rings. The second-order valence-electron chi connectivity index (χ2n) is 8.33. The van der Waals surface area contributed by atoms with Gasteiger partial charge in [-0.15, -0.1) is 0 Å². The fourth-order valence-corrected chi connectivity index (χ4v) is 5.39. The maximum atomic E-state index is 13.9. The molecular formula is C29H25N3O5S. The Hall–Kier alpha value is -4.50. The molecule has 0 amide bonds. The lowest BCUT2D eigenvalue weighted by Crippen LogP contribution is -2.40. The van der Waals surface area contributed by atoms with Crippen LogP contribution in [0.2, 0.25) is 0 Å². The number of methoxy groups -OCH3 is 2. The second kappa shape index (κ2) is 10.9. The van der Waals surface area contributed by atoms with Crippen molar-refractivity contribution in [3.05, 3.63) is 115 Å². The Morgan fingerprint density at radius 3 is 2.53 bits per heavy atom. The van der Waals surface area contributed by atoms with Crippen molar-refractivity contribution in [2.24, 2.45) is 4.99 Å². The number of nitrogens with zero attached hydrogens (tertiary/aromatic N) is 3. The largest absolute Gasteiger partial charge is 0.493 e. The number of carbonyl (C=O) groups is 1. The van der Waals surface area contributed by atoms with E-state index >= 15 is 0 Å². The third kappa shape index (κ3) is 4.64. The van der Waals surface area contributed by atoms with Gasteiger partial charge in [0, 0.05) is 18.0 Å². The number of hydrogen-bond donors (Lipinski definition) is 0. The number of carbonyl (C=O) groups excluding carboxylic acids is 1. The van der Waals surface area contributed by atoms with Crippen LogP contribution in [0.4, 0.5) is 0 Å². The molecule has 9 heteroatoms. The minimum absolute atomic E-state index is 0.175. The van der Waals surface area contributed by atoms with Gasteiger partial charge >= 0.3 is 5.97 Å². The van der Waals surface area contributed by atoms with E-state index in [4.69, 9.17) is 19.2 Å². The molecule has 0 saturated carbocycles. The Morgan fingerprint density at radius 2 is 1.84 bits per heavy atom. The minimum atomic E-state index is -0.809. The monoisotopic (exact) mass is 527 g/mol. The summed E-state index contributed by atoms with van der Waals surface area (Å²) in [5.74, 6) is 0.463. The van der Waals surface area contributed by atoms with E-state index in [2.05, 4.69) is 4.98 Å². The minimum Gasteiger partial charge on any atom is -0.493 e. The van der Waals surface area contributed by atoms with Gasteiger partial charge in [0.15, 0.2) is 16.3 Å². The molecule has 0 N–H and O–H groups in total. The van der Waals surface area contributed by atoms with Crippen molar-refractivity contribution >= 4 is 29.1 Å². The summed E-state index contributed by atoms with van der Waals surface area (Å²) in [7, 11) is 3.09. The fraction of sp³-hybridized carbons (Fsp3) is 0.172. The molecule has 0 unspecified atom stereocenters. The van der Waals surface area contributed by atoms with E-state index in [9.17, 15) is 9.59 Å². The number of fused-ring (bicyclic) bond motifs is 1. The van der Waals surface area contributed by atoms with Crippen molar-refractivity contribution in [1.82, 2.24) is 9.55 Å². The normalized spacial score (nSPS) is 15.0. The van der Waals surface area contributed by atoms with Crippen molar-refractivity contribution in [1.29, 1.82) is 0 Å². The lowest BCUT2D eigenvalue weighted by atomic mass is 9.93. The van der Waals surface area contributed by atoms with Crippen molar-refractivity contribution < 1.29 is 19.0 Å². The third-order valence-electron chi connectivity index (χ3n) is 6.08. The molecule has 1 atom stereocenters. The van der Waals surface area contributed by atoms with Gasteiger partial charge in [-0.25, -0.2) is 9.79 Å². The fourth-order valence-electron chi connectivity index (χ4n) is 4.39. The first-order chi connectivity index (χ1) is 18.5. The molecule has 2 aromatic heterocycles. The zero-order chi connectivity index (χ0) is 26.6. The van der Waals surface area contributed by atoms with Gasteiger partial charge in [0.2, 0.25) is 0 Å². The van der Waals surface area contributed by atoms with E-state index in [1.165, 1.54) is 11.3 Å². The molecule has 3 heterocycles. The number of thiazole rings is 1. The molecule has 192 valence electrons. The number of aromatic nitrogens is 2. The zero-order valence-corrected chi connectivity index (χ0v) is 21.9. The highest BCUT2D eigenvalue weighted by molar-refractivity contribution is 7.07. The van der Waals surface area contributed by atoms with E-state index in [1.54, 1.807) is 56.3 Å². The Morgan fingerprint density at radius 1 is 1.05 bits per heavy atom. The lowest BCUT2D eigenvalue weighted by molar-refractivity contribution is -0.138. The van der Waals surface area contributed by atoms with Gasteiger partial charge in [-0.2, -0.15) is 0 Å². The molecule has 5 rings (SSSR count). The summed E-state index contributed by atoms with van der Waals surface area (Å²) in [6.07, 6.45) is 5.13. The predicted molar refractivity (Wildman–Crippen MR) is 145 cm³/mol. The molecule has 38 heavy (non-hydrogen) atoms.